The zero-order valence-corrected chi connectivity index (χ0v) is 12.4. The van der Waals surface area contributed by atoms with Crippen LogP contribution in [0.15, 0.2) is 30.3 Å². The molecule has 1 aromatic carbocycles. The van der Waals surface area contributed by atoms with Gasteiger partial charge in [-0.1, -0.05) is 56.5 Å². The highest BCUT2D eigenvalue weighted by Gasteiger charge is 2.49. The third-order valence-corrected chi connectivity index (χ3v) is 5.55. The molecule has 1 nitrogen and oxygen atoms in total. The fourth-order valence-corrected chi connectivity index (χ4v) is 4.42. The van der Waals surface area contributed by atoms with Crippen LogP contribution in [0, 0.1) is 11.3 Å². The third kappa shape index (κ3) is 2.58. The quantitative estimate of drug-likeness (QED) is 0.845. The van der Waals surface area contributed by atoms with Gasteiger partial charge in [-0.15, -0.1) is 0 Å². The molecule has 1 heteroatoms. The molecule has 0 aliphatic heterocycles. The SMILES string of the molecule is CNC(C1CC1c1ccccc1)C1(C)CCCCC1. The van der Waals surface area contributed by atoms with Crippen LogP contribution in [0.1, 0.15) is 56.9 Å². The first kappa shape index (κ1) is 13.2. The Morgan fingerprint density at radius 1 is 1.11 bits per heavy atom. The summed E-state index contributed by atoms with van der Waals surface area (Å²) in [4.78, 5) is 0. The van der Waals surface area contributed by atoms with Crippen LogP contribution in [0.2, 0.25) is 0 Å². The maximum absolute atomic E-state index is 3.67. The highest BCUT2D eigenvalue weighted by molar-refractivity contribution is 5.27. The van der Waals surface area contributed by atoms with Gasteiger partial charge in [-0.05, 0) is 49.1 Å². The Hall–Kier alpha value is -0.820. The van der Waals surface area contributed by atoms with Crippen molar-refractivity contribution in [1.82, 2.24) is 5.32 Å². The molecule has 19 heavy (non-hydrogen) atoms. The van der Waals surface area contributed by atoms with Crippen LogP contribution in [0.5, 0.6) is 0 Å². The predicted molar refractivity (Wildman–Crippen MR) is 81.3 cm³/mol. The monoisotopic (exact) mass is 257 g/mol. The molecule has 1 N–H and O–H groups in total. The Kier molecular flexibility index (Phi) is 3.66. The van der Waals surface area contributed by atoms with Gasteiger partial charge in [0.25, 0.3) is 0 Å². The van der Waals surface area contributed by atoms with E-state index in [0.29, 0.717) is 11.5 Å². The second-order valence-corrected chi connectivity index (χ2v) is 6.90. The van der Waals surface area contributed by atoms with E-state index in [9.17, 15) is 0 Å². The number of nitrogens with one attached hydrogen (secondary N) is 1. The summed E-state index contributed by atoms with van der Waals surface area (Å²) in [7, 11) is 2.17. The van der Waals surface area contributed by atoms with Crippen molar-refractivity contribution < 1.29 is 0 Å². The lowest BCUT2D eigenvalue weighted by atomic mass is 9.68. The van der Waals surface area contributed by atoms with Crippen LogP contribution < -0.4 is 5.32 Å². The minimum atomic E-state index is 0.529. The summed E-state index contributed by atoms with van der Waals surface area (Å²) >= 11 is 0. The van der Waals surface area contributed by atoms with Gasteiger partial charge in [-0.25, -0.2) is 0 Å². The normalized spacial score (nSPS) is 30.8. The summed E-state index contributed by atoms with van der Waals surface area (Å²) in [6.07, 6.45) is 8.51. The number of rotatable bonds is 4. The van der Waals surface area contributed by atoms with Gasteiger partial charge in [0.05, 0.1) is 0 Å². The fourth-order valence-electron chi connectivity index (χ4n) is 4.42. The summed E-state index contributed by atoms with van der Waals surface area (Å²) in [5, 5.41) is 3.67. The minimum absolute atomic E-state index is 0.529. The molecule has 2 saturated carbocycles. The van der Waals surface area contributed by atoms with Gasteiger partial charge in [0.15, 0.2) is 0 Å². The Morgan fingerprint density at radius 3 is 2.42 bits per heavy atom. The minimum Gasteiger partial charge on any atom is -0.316 e. The molecule has 2 fully saturated rings. The van der Waals surface area contributed by atoms with Crippen molar-refractivity contribution in [3.8, 4) is 0 Å². The molecule has 3 unspecified atom stereocenters. The smallest absolute Gasteiger partial charge is 0.0152 e. The number of hydrogen-bond donors (Lipinski definition) is 1. The molecule has 0 radical (unpaired) electrons. The summed E-state index contributed by atoms with van der Waals surface area (Å²) < 4.78 is 0. The number of benzene rings is 1. The van der Waals surface area contributed by atoms with Gasteiger partial charge in [0, 0.05) is 6.04 Å². The van der Waals surface area contributed by atoms with E-state index in [1.807, 2.05) is 0 Å². The molecule has 2 aliphatic carbocycles. The molecule has 2 aliphatic rings. The van der Waals surface area contributed by atoms with Crippen LogP contribution in [0.25, 0.3) is 0 Å². The second kappa shape index (κ2) is 5.28. The molecule has 1 aromatic rings. The molecule has 0 amide bonds. The third-order valence-electron chi connectivity index (χ3n) is 5.55. The average molecular weight is 257 g/mol. The lowest BCUT2D eigenvalue weighted by molar-refractivity contribution is 0.134. The van der Waals surface area contributed by atoms with E-state index in [1.165, 1.54) is 38.5 Å². The van der Waals surface area contributed by atoms with Crippen LogP contribution in [0.4, 0.5) is 0 Å². The van der Waals surface area contributed by atoms with E-state index >= 15 is 0 Å². The van der Waals surface area contributed by atoms with Crippen LogP contribution in [-0.2, 0) is 0 Å². The standard InChI is InChI=1S/C18H27N/c1-18(11-7-4-8-12-18)17(19-2)16-13-15(16)14-9-5-3-6-10-14/h3,5-6,9-10,15-17,19H,4,7-8,11-13H2,1-2H3. The second-order valence-electron chi connectivity index (χ2n) is 6.90. The molecule has 3 rings (SSSR count). The van der Waals surface area contributed by atoms with Crippen molar-refractivity contribution in [2.75, 3.05) is 7.05 Å². The highest BCUT2D eigenvalue weighted by atomic mass is 14.9. The summed E-state index contributed by atoms with van der Waals surface area (Å²) in [6, 6.07) is 11.8. The molecule has 104 valence electrons. The van der Waals surface area contributed by atoms with Crippen LogP contribution >= 0.6 is 0 Å². The van der Waals surface area contributed by atoms with Crippen molar-refractivity contribution >= 4 is 0 Å². The van der Waals surface area contributed by atoms with E-state index < -0.39 is 0 Å². The first-order chi connectivity index (χ1) is 9.24. The van der Waals surface area contributed by atoms with E-state index in [2.05, 4.69) is 49.6 Å². The molecule has 0 spiro atoms. The summed E-state index contributed by atoms with van der Waals surface area (Å²) in [5.74, 6) is 1.66. The van der Waals surface area contributed by atoms with E-state index in [4.69, 9.17) is 0 Å². The number of hydrogen-bond acceptors (Lipinski definition) is 1. The van der Waals surface area contributed by atoms with Crippen LogP contribution in [0.3, 0.4) is 0 Å². The van der Waals surface area contributed by atoms with Gasteiger partial charge >= 0.3 is 0 Å². The molecule has 0 aromatic heterocycles. The molecule has 0 saturated heterocycles. The van der Waals surface area contributed by atoms with Crippen molar-refractivity contribution in [2.45, 2.75) is 57.4 Å². The summed E-state index contributed by atoms with van der Waals surface area (Å²) in [6.45, 7) is 2.52. The Balaban J connectivity index is 1.71. The highest BCUT2D eigenvalue weighted by Crippen LogP contribution is 2.55. The maximum atomic E-state index is 3.67. The molecular formula is C18H27N. The maximum Gasteiger partial charge on any atom is 0.0152 e. The first-order valence-corrected chi connectivity index (χ1v) is 7.97. The van der Waals surface area contributed by atoms with Crippen molar-refractivity contribution in [3.63, 3.8) is 0 Å². The lowest BCUT2D eigenvalue weighted by Crippen LogP contribution is -2.45. The topological polar surface area (TPSA) is 12.0 Å². The fraction of sp³-hybridized carbons (Fsp3) is 0.667. The zero-order chi connectivity index (χ0) is 13.3. The van der Waals surface area contributed by atoms with Gasteiger partial charge < -0.3 is 5.32 Å². The molecule has 0 bridgehead atoms. The molecule has 3 atom stereocenters. The first-order valence-electron chi connectivity index (χ1n) is 7.97. The lowest BCUT2D eigenvalue weighted by Gasteiger charge is -2.41. The average Bonchev–Trinajstić information content (AvgIpc) is 3.21. The largest absolute Gasteiger partial charge is 0.316 e. The molecular weight excluding hydrogens is 230 g/mol. The van der Waals surface area contributed by atoms with E-state index in [0.717, 1.165) is 11.8 Å². The Labute approximate surface area is 117 Å². The van der Waals surface area contributed by atoms with E-state index in [1.54, 1.807) is 5.56 Å². The van der Waals surface area contributed by atoms with Crippen molar-refractivity contribution in [1.29, 1.82) is 0 Å². The van der Waals surface area contributed by atoms with Gasteiger partial charge in [0.2, 0.25) is 0 Å². The van der Waals surface area contributed by atoms with Crippen molar-refractivity contribution in [3.05, 3.63) is 35.9 Å². The van der Waals surface area contributed by atoms with Gasteiger partial charge in [0.1, 0.15) is 0 Å². The van der Waals surface area contributed by atoms with E-state index in [-0.39, 0.29) is 0 Å². The predicted octanol–water partition coefficient (Wildman–Crippen LogP) is 4.35. The van der Waals surface area contributed by atoms with Crippen molar-refractivity contribution in [2.24, 2.45) is 11.3 Å². The Morgan fingerprint density at radius 2 is 1.79 bits per heavy atom. The van der Waals surface area contributed by atoms with Crippen LogP contribution in [-0.4, -0.2) is 13.1 Å². The van der Waals surface area contributed by atoms with Gasteiger partial charge in [-0.2, -0.15) is 0 Å². The molecule has 0 heterocycles. The summed E-state index contributed by atoms with van der Waals surface area (Å²) in [5.41, 5.74) is 2.08. The zero-order valence-electron chi connectivity index (χ0n) is 12.4. The Bertz CT molecular complexity index is 405. The van der Waals surface area contributed by atoms with Gasteiger partial charge in [-0.3, -0.25) is 0 Å².